The van der Waals surface area contributed by atoms with Gasteiger partial charge < -0.3 is 47.4 Å². The lowest BCUT2D eigenvalue weighted by Gasteiger charge is -2.27. The Kier molecular flexibility index (Phi) is 18.4. The van der Waals surface area contributed by atoms with Crippen LogP contribution in [0.4, 0.5) is 0 Å². The molecule has 0 saturated carbocycles. The molecular formula is C22H42O10. The summed E-state index contributed by atoms with van der Waals surface area (Å²) in [6.45, 7) is 10.8. The van der Waals surface area contributed by atoms with Gasteiger partial charge in [-0.2, -0.15) is 0 Å². The molecule has 0 aromatic rings. The fraction of sp³-hybridized carbons (Fsp3) is 1.00. The van der Waals surface area contributed by atoms with E-state index in [1.165, 1.54) is 0 Å². The Morgan fingerprint density at radius 3 is 0.562 bits per heavy atom. The number of hydrogen-bond donors (Lipinski definition) is 0. The van der Waals surface area contributed by atoms with Gasteiger partial charge in [0.15, 0.2) is 0 Å². The van der Waals surface area contributed by atoms with Crippen LogP contribution in [0.15, 0.2) is 0 Å². The lowest BCUT2D eigenvalue weighted by molar-refractivity contribution is -0.0729. The van der Waals surface area contributed by atoms with E-state index in [9.17, 15) is 0 Å². The fourth-order valence-electron chi connectivity index (χ4n) is 3.13. The van der Waals surface area contributed by atoms with Crippen LogP contribution in [-0.4, -0.2) is 132 Å². The third-order valence-electron chi connectivity index (χ3n) is 4.97. The zero-order valence-electron chi connectivity index (χ0n) is 19.4. The molecule has 10 nitrogen and oxygen atoms in total. The van der Waals surface area contributed by atoms with Crippen molar-refractivity contribution in [2.24, 2.45) is 11.8 Å². The monoisotopic (exact) mass is 466 g/mol. The summed E-state index contributed by atoms with van der Waals surface area (Å²) >= 11 is 0. The molecule has 2 rings (SSSR count). The molecule has 2 aliphatic rings. The highest BCUT2D eigenvalue weighted by molar-refractivity contribution is 4.70. The first kappa shape index (κ1) is 27.8. The summed E-state index contributed by atoms with van der Waals surface area (Å²) in [6, 6.07) is 0. The van der Waals surface area contributed by atoms with Crippen LogP contribution in [0.25, 0.3) is 0 Å². The molecule has 2 heterocycles. The Bertz CT molecular complexity index is 333. The van der Waals surface area contributed by atoms with E-state index in [1.807, 2.05) is 0 Å². The molecule has 0 aromatic heterocycles. The van der Waals surface area contributed by atoms with Gasteiger partial charge in [-0.1, -0.05) is 0 Å². The number of ether oxygens (including phenoxy) is 10. The zero-order chi connectivity index (χ0) is 22.4. The second-order valence-corrected chi connectivity index (χ2v) is 7.49. The summed E-state index contributed by atoms with van der Waals surface area (Å²) in [6.07, 6.45) is 0. The summed E-state index contributed by atoms with van der Waals surface area (Å²) in [5.74, 6) is 0.251. The van der Waals surface area contributed by atoms with E-state index in [-0.39, 0.29) is 11.8 Å². The van der Waals surface area contributed by atoms with E-state index in [4.69, 9.17) is 47.4 Å². The highest BCUT2D eigenvalue weighted by atomic mass is 16.6. The molecule has 0 amide bonds. The maximum atomic E-state index is 5.89. The lowest BCUT2D eigenvalue weighted by Crippen LogP contribution is -2.33. The van der Waals surface area contributed by atoms with Crippen molar-refractivity contribution in [2.75, 3.05) is 132 Å². The van der Waals surface area contributed by atoms with Gasteiger partial charge in [0.2, 0.25) is 0 Å². The smallest absolute Gasteiger partial charge is 0.0701 e. The Morgan fingerprint density at radius 1 is 0.219 bits per heavy atom. The largest absolute Gasteiger partial charge is 0.379 e. The van der Waals surface area contributed by atoms with Crippen LogP contribution in [0.2, 0.25) is 0 Å². The highest BCUT2D eigenvalue weighted by Crippen LogP contribution is 2.16. The molecule has 0 spiro atoms. The van der Waals surface area contributed by atoms with E-state index >= 15 is 0 Å². The topological polar surface area (TPSA) is 92.3 Å². The number of rotatable bonds is 1. The van der Waals surface area contributed by atoms with E-state index in [0.29, 0.717) is 132 Å². The molecule has 0 aromatic carbocycles. The van der Waals surface area contributed by atoms with Gasteiger partial charge in [-0.05, 0) is 0 Å². The van der Waals surface area contributed by atoms with E-state index in [0.717, 1.165) is 0 Å². The maximum Gasteiger partial charge on any atom is 0.0701 e. The molecule has 2 aliphatic heterocycles. The quantitative estimate of drug-likeness (QED) is 0.541. The minimum absolute atomic E-state index is 0.125. The van der Waals surface area contributed by atoms with E-state index < -0.39 is 0 Å². The second kappa shape index (κ2) is 21.2. The molecule has 0 radical (unpaired) electrons. The van der Waals surface area contributed by atoms with Crippen LogP contribution in [0, 0.1) is 11.8 Å². The predicted molar refractivity (Wildman–Crippen MR) is 115 cm³/mol. The van der Waals surface area contributed by atoms with Crippen LogP contribution in [0.5, 0.6) is 0 Å². The molecule has 10 heteroatoms. The van der Waals surface area contributed by atoms with Gasteiger partial charge in [-0.3, -0.25) is 0 Å². The van der Waals surface area contributed by atoms with Crippen molar-refractivity contribution in [1.29, 1.82) is 0 Å². The molecule has 32 heavy (non-hydrogen) atoms. The minimum atomic E-state index is 0.125. The van der Waals surface area contributed by atoms with Gasteiger partial charge in [-0.25, -0.2) is 0 Å². The zero-order valence-corrected chi connectivity index (χ0v) is 19.4. The van der Waals surface area contributed by atoms with Gasteiger partial charge in [-0.15, -0.1) is 0 Å². The average Bonchev–Trinajstić information content (AvgIpc) is 2.79. The molecular weight excluding hydrogens is 424 g/mol. The van der Waals surface area contributed by atoms with Crippen molar-refractivity contribution in [2.45, 2.75) is 0 Å². The van der Waals surface area contributed by atoms with Crippen LogP contribution in [-0.2, 0) is 47.4 Å². The molecule has 0 unspecified atom stereocenters. The summed E-state index contributed by atoms with van der Waals surface area (Å²) in [5, 5.41) is 0. The highest BCUT2D eigenvalue weighted by Gasteiger charge is 2.23. The van der Waals surface area contributed by atoms with Crippen molar-refractivity contribution in [3.63, 3.8) is 0 Å². The maximum absolute atomic E-state index is 5.89. The van der Waals surface area contributed by atoms with Crippen LogP contribution < -0.4 is 0 Å². The third-order valence-corrected chi connectivity index (χ3v) is 4.97. The van der Waals surface area contributed by atoms with Crippen molar-refractivity contribution in [3.8, 4) is 0 Å². The number of hydrogen-bond acceptors (Lipinski definition) is 10. The molecule has 2 fully saturated rings. The average molecular weight is 467 g/mol. The molecule has 0 atom stereocenters. The van der Waals surface area contributed by atoms with Gasteiger partial charge in [0.25, 0.3) is 0 Å². The van der Waals surface area contributed by atoms with Gasteiger partial charge in [0.05, 0.1) is 132 Å². The summed E-state index contributed by atoms with van der Waals surface area (Å²) in [7, 11) is 0. The third kappa shape index (κ3) is 15.4. The van der Waals surface area contributed by atoms with Crippen molar-refractivity contribution < 1.29 is 47.4 Å². The van der Waals surface area contributed by atoms with Crippen molar-refractivity contribution >= 4 is 0 Å². The molecule has 190 valence electrons. The Hall–Kier alpha value is -0.400. The van der Waals surface area contributed by atoms with Crippen molar-refractivity contribution in [3.05, 3.63) is 0 Å². The summed E-state index contributed by atoms with van der Waals surface area (Å²) in [4.78, 5) is 0. The lowest BCUT2D eigenvalue weighted by atomic mass is 9.95. The minimum Gasteiger partial charge on any atom is -0.379 e. The van der Waals surface area contributed by atoms with Gasteiger partial charge >= 0.3 is 0 Å². The van der Waals surface area contributed by atoms with Crippen LogP contribution in [0.1, 0.15) is 0 Å². The van der Waals surface area contributed by atoms with Crippen molar-refractivity contribution in [1.82, 2.24) is 0 Å². The predicted octanol–water partition coefficient (Wildman–Crippen LogP) is 0.412. The standard InChI is InChI=1S/C22H42O10/c1-5-25-9-13-29-17-21(18-30-14-10-26-6-2-23-1)22-19-31-15-11-27-7-3-24-4-8-28-12-16-32-20-22/h21-22H,1-20H2. The molecule has 0 N–H and O–H groups in total. The first-order valence-corrected chi connectivity index (χ1v) is 11.7. The first-order valence-electron chi connectivity index (χ1n) is 11.7. The summed E-state index contributed by atoms with van der Waals surface area (Å²) in [5.41, 5.74) is 0. The van der Waals surface area contributed by atoms with Crippen LogP contribution in [0.3, 0.4) is 0 Å². The first-order chi connectivity index (χ1) is 16.0. The second-order valence-electron chi connectivity index (χ2n) is 7.49. The fourth-order valence-corrected chi connectivity index (χ4v) is 3.13. The Morgan fingerprint density at radius 2 is 0.375 bits per heavy atom. The van der Waals surface area contributed by atoms with E-state index in [2.05, 4.69) is 0 Å². The van der Waals surface area contributed by atoms with Gasteiger partial charge in [0.1, 0.15) is 0 Å². The molecule has 0 bridgehead atoms. The summed E-state index contributed by atoms with van der Waals surface area (Å²) < 4.78 is 56.6. The molecule has 0 aliphatic carbocycles. The Balaban J connectivity index is 1.83. The van der Waals surface area contributed by atoms with E-state index in [1.54, 1.807) is 0 Å². The Labute approximate surface area is 192 Å². The SMILES string of the molecule is C1COCCOCC(C2COCCOCCOCCOCCOC2)COCCOCCO1. The molecule has 2 saturated heterocycles. The normalized spacial score (nSPS) is 25.9. The van der Waals surface area contributed by atoms with Gasteiger partial charge in [0, 0.05) is 11.8 Å². The van der Waals surface area contributed by atoms with Crippen LogP contribution >= 0.6 is 0 Å².